The van der Waals surface area contributed by atoms with Crippen molar-refractivity contribution in [3.63, 3.8) is 0 Å². The Labute approximate surface area is 129 Å². The predicted octanol–water partition coefficient (Wildman–Crippen LogP) is 1.38. The van der Waals surface area contributed by atoms with Gasteiger partial charge in [-0.3, -0.25) is 0 Å². The Morgan fingerprint density at radius 2 is 2.14 bits per heavy atom. The number of nitrogens with zero attached hydrogens (tertiary/aromatic N) is 3. The average Bonchev–Trinajstić information content (AvgIpc) is 2.32. The van der Waals surface area contributed by atoms with Crippen molar-refractivity contribution in [3.8, 4) is 0 Å². The molecular weight excluding hydrogens is 310 g/mol. The highest BCUT2D eigenvalue weighted by Gasteiger charge is 2.02. The standard InChI is InChI=1S/C12H19N5O2S2/c1-9(2)16-12-7-10(3-5-15-12)8-20-6-4-11(13)17-21(14,18)19/h3,5,7H,4,6,8H2,1-2H3,(H2,13,17)(H2,14,18,19). The first-order valence-corrected chi connectivity index (χ1v) is 8.83. The SMILES string of the molecule is CC(C)=Nc1cc(CSCCC(N)=NS(N)(=O)=O)ccn1. The van der Waals surface area contributed by atoms with Gasteiger partial charge in [-0.15, -0.1) is 4.40 Å². The van der Waals surface area contributed by atoms with E-state index in [1.807, 2.05) is 26.0 Å². The molecular formula is C12H19N5O2S2. The zero-order valence-corrected chi connectivity index (χ0v) is 13.6. The number of rotatable bonds is 7. The Morgan fingerprint density at radius 1 is 1.43 bits per heavy atom. The molecule has 0 spiro atoms. The molecule has 0 fully saturated rings. The van der Waals surface area contributed by atoms with Gasteiger partial charge in [0.15, 0.2) is 5.82 Å². The molecule has 0 radical (unpaired) electrons. The van der Waals surface area contributed by atoms with Gasteiger partial charge in [0.2, 0.25) is 0 Å². The highest BCUT2D eigenvalue weighted by atomic mass is 32.2. The van der Waals surface area contributed by atoms with E-state index in [-0.39, 0.29) is 5.84 Å². The van der Waals surface area contributed by atoms with Crippen LogP contribution >= 0.6 is 11.8 Å². The van der Waals surface area contributed by atoms with E-state index in [9.17, 15) is 8.42 Å². The van der Waals surface area contributed by atoms with Crippen LogP contribution in [0.5, 0.6) is 0 Å². The van der Waals surface area contributed by atoms with E-state index in [1.54, 1.807) is 18.0 Å². The van der Waals surface area contributed by atoms with Crippen molar-refractivity contribution in [2.75, 3.05) is 5.75 Å². The molecule has 0 aromatic carbocycles. The lowest BCUT2D eigenvalue weighted by Crippen LogP contribution is -2.19. The Bertz CT molecular complexity index is 637. The fourth-order valence-electron chi connectivity index (χ4n) is 1.42. The van der Waals surface area contributed by atoms with Crippen molar-refractivity contribution in [3.05, 3.63) is 23.9 Å². The Balaban J connectivity index is 2.47. The molecule has 1 rings (SSSR count). The van der Waals surface area contributed by atoms with E-state index < -0.39 is 10.2 Å². The van der Waals surface area contributed by atoms with E-state index in [4.69, 9.17) is 10.9 Å². The second kappa shape index (κ2) is 8.11. The topological polar surface area (TPSA) is 124 Å². The first-order chi connectivity index (χ1) is 9.76. The summed E-state index contributed by atoms with van der Waals surface area (Å²) < 4.78 is 24.6. The highest BCUT2D eigenvalue weighted by Crippen LogP contribution is 2.17. The molecule has 0 aliphatic carbocycles. The van der Waals surface area contributed by atoms with Crippen LogP contribution in [0.25, 0.3) is 0 Å². The van der Waals surface area contributed by atoms with Gasteiger partial charge < -0.3 is 5.73 Å². The van der Waals surface area contributed by atoms with Gasteiger partial charge in [-0.2, -0.15) is 20.2 Å². The molecule has 0 saturated carbocycles. The van der Waals surface area contributed by atoms with Crippen LogP contribution in [0.3, 0.4) is 0 Å². The summed E-state index contributed by atoms with van der Waals surface area (Å²) in [4.78, 5) is 8.45. The fourth-order valence-corrected chi connectivity index (χ4v) is 2.75. The monoisotopic (exact) mass is 329 g/mol. The minimum atomic E-state index is -3.90. The number of hydrogen-bond donors (Lipinski definition) is 2. The summed E-state index contributed by atoms with van der Waals surface area (Å²) in [6, 6.07) is 3.83. The van der Waals surface area contributed by atoms with Gasteiger partial charge in [0.25, 0.3) is 0 Å². The van der Waals surface area contributed by atoms with Crippen molar-refractivity contribution in [1.82, 2.24) is 4.98 Å². The Kier molecular flexibility index (Phi) is 6.79. The second-order valence-electron chi connectivity index (χ2n) is 4.48. The van der Waals surface area contributed by atoms with Crippen molar-refractivity contribution in [1.29, 1.82) is 0 Å². The molecule has 0 unspecified atom stereocenters. The first-order valence-electron chi connectivity index (χ1n) is 6.18. The first kappa shape index (κ1) is 17.6. The maximum absolute atomic E-state index is 10.7. The third kappa shape index (κ3) is 8.43. The molecule has 0 aliphatic heterocycles. The minimum Gasteiger partial charge on any atom is -0.386 e. The van der Waals surface area contributed by atoms with Crippen LogP contribution in [0.15, 0.2) is 27.7 Å². The summed E-state index contributed by atoms with van der Waals surface area (Å²) >= 11 is 1.62. The summed E-state index contributed by atoms with van der Waals surface area (Å²) in [7, 11) is -3.90. The number of pyridine rings is 1. The van der Waals surface area contributed by atoms with Gasteiger partial charge >= 0.3 is 10.2 Å². The molecule has 0 bridgehead atoms. The van der Waals surface area contributed by atoms with Gasteiger partial charge in [0.05, 0.1) is 0 Å². The zero-order valence-electron chi connectivity index (χ0n) is 12.0. The van der Waals surface area contributed by atoms with Gasteiger partial charge in [-0.1, -0.05) is 0 Å². The molecule has 9 heteroatoms. The lowest BCUT2D eigenvalue weighted by Gasteiger charge is -2.03. The Hall–Kier alpha value is -1.45. The van der Waals surface area contributed by atoms with Crippen LogP contribution < -0.4 is 10.9 Å². The smallest absolute Gasteiger partial charge is 0.318 e. The number of nitrogens with two attached hydrogens (primary N) is 2. The van der Waals surface area contributed by atoms with Crippen molar-refractivity contribution >= 4 is 39.3 Å². The highest BCUT2D eigenvalue weighted by molar-refractivity contribution is 7.98. The lowest BCUT2D eigenvalue weighted by molar-refractivity contribution is 0.599. The number of aromatic nitrogens is 1. The maximum Gasteiger partial charge on any atom is 0.318 e. The van der Waals surface area contributed by atoms with Gasteiger partial charge in [-0.05, 0) is 31.5 Å². The summed E-state index contributed by atoms with van der Waals surface area (Å²) in [5.74, 6) is 2.12. The van der Waals surface area contributed by atoms with E-state index in [2.05, 4.69) is 14.4 Å². The molecule has 1 heterocycles. The molecule has 0 atom stereocenters. The third-order valence-electron chi connectivity index (χ3n) is 2.16. The van der Waals surface area contributed by atoms with Crippen LogP contribution in [-0.4, -0.2) is 30.7 Å². The molecule has 0 amide bonds. The summed E-state index contributed by atoms with van der Waals surface area (Å²) in [6.07, 6.45) is 2.08. The lowest BCUT2D eigenvalue weighted by atomic mass is 10.3. The van der Waals surface area contributed by atoms with Crippen LogP contribution in [0, 0.1) is 0 Å². The summed E-state index contributed by atoms with van der Waals surface area (Å²) in [5, 5.41) is 4.77. The van der Waals surface area contributed by atoms with E-state index >= 15 is 0 Å². The number of thioether (sulfide) groups is 1. The Morgan fingerprint density at radius 3 is 2.76 bits per heavy atom. The average molecular weight is 329 g/mol. The molecule has 4 N–H and O–H groups in total. The molecule has 0 saturated heterocycles. The zero-order chi connectivity index (χ0) is 15.9. The molecule has 7 nitrogen and oxygen atoms in total. The van der Waals surface area contributed by atoms with Gasteiger partial charge in [-0.25, -0.2) is 15.1 Å². The van der Waals surface area contributed by atoms with Gasteiger partial charge in [0, 0.05) is 29.8 Å². The quantitative estimate of drug-likeness (QED) is 0.444. The van der Waals surface area contributed by atoms with Crippen LogP contribution in [0.1, 0.15) is 25.8 Å². The number of hydrogen-bond acceptors (Lipinski definition) is 5. The van der Waals surface area contributed by atoms with Crippen molar-refractivity contribution < 1.29 is 8.42 Å². The van der Waals surface area contributed by atoms with Crippen molar-refractivity contribution in [2.45, 2.75) is 26.0 Å². The fraction of sp³-hybridized carbons (Fsp3) is 0.417. The second-order valence-corrected chi connectivity index (χ2v) is 6.80. The number of aliphatic imine (C=N–C) groups is 1. The van der Waals surface area contributed by atoms with E-state index in [0.717, 1.165) is 17.0 Å². The van der Waals surface area contributed by atoms with Crippen LogP contribution in [-0.2, 0) is 16.0 Å². The van der Waals surface area contributed by atoms with Crippen molar-refractivity contribution in [2.24, 2.45) is 20.3 Å². The maximum atomic E-state index is 10.7. The van der Waals surface area contributed by atoms with E-state index in [1.165, 1.54) is 0 Å². The van der Waals surface area contributed by atoms with E-state index in [0.29, 0.717) is 18.0 Å². The molecule has 0 aliphatic rings. The largest absolute Gasteiger partial charge is 0.386 e. The summed E-state index contributed by atoms with van der Waals surface area (Å²) in [5.41, 5.74) is 7.51. The predicted molar refractivity (Wildman–Crippen MR) is 88.2 cm³/mol. The third-order valence-corrected chi connectivity index (χ3v) is 3.68. The summed E-state index contributed by atoms with van der Waals surface area (Å²) in [6.45, 7) is 3.83. The number of amidine groups is 1. The van der Waals surface area contributed by atoms with Crippen LogP contribution in [0.2, 0.25) is 0 Å². The minimum absolute atomic E-state index is 0.0200. The van der Waals surface area contributed by atoms with Crippen LogP contribution in [0.4, 0.5) is 5.82 Å². The molecule has 21 heavy (non-hydrogen) atoms. The normalized spacial score (nSPS) is 12.2. The molecule has 116 valence electrons. The molecule has 1 aromatic rings. The molecule has 1 aromatic heterocycles. The van der Waals surface area contributed by atoms with Gasteiger partial charge in [0.1, 0.15) is 5.84 Å².